The summed E-state index contributed by atoms with van der Waals surface area (Å²) in [7, 11) is 4.45. The number of nitrogens with one attached hydrogen (secondary N) is 6. The first kappa shape index (κ1) is 78.2. The van der Waals surface area contributed by atoms with Crippen molar-refractivity contribution in [3.8, 4) is 0 Å². The number of primary amides is 1. The highest BCUT2D eigenvalue weighted by atomic mass is 16.6. The largest absolute Gasteiger partial charge is 0.445 e. The Morgan fingerprint density at radius 1 is 0.745 bits per heavy atom. The number of nitrogens with two attached hydrogens (primary N) is 1. The predicted molar refractivity (Wildman–Crippen MR) is 352 cm³/mol. The van der Waals surface area contributed by atoms with Crippen LogP contribution in [0.25, 0.3) is 0 Å². The number of anilines is 1. The number of carbonyl (C=O) groups excluding carboxylic acids is 12. The second-order valence-corrected chi connectivity index (χ2v) is 25.8. The number of benzene rings is 2. The summed E-state index contributed by atoms with van der Waals surface area (Å²) in [5.41, 5.74) is 6.72. The minimum Gasteiger partial charge on any atom is -0.445 e. The number of likely N-dealkylation sites (N-methyl/N-ethyl adjacent to an activating group) is 2. The van der Waals surface area contributed by atoms with Crippen LogP contribution in [0.3, 0.4) is 0 Å². The molecule has 0 bridgehead atoms. The molecular formula is C68H103N11O15. The summed E-state index contributed by atoms with van der Waals surface area (Å²) < 4.78 is 11.6. The molecule has 0 aromatic heterocycles. The van der Waals surface area contributed by atoms with Crippen molar-refractivity contribution in [3.05, 3.63) is 77.9 Å². The lowest BCUT2D eigenvalue weighted by molar-refractivity contribution is -0.145. The monoisotopic (exact) mass is 1310 g/mol. The zero-order chi connectivity index (χ0) is 70.1. The molecule has 12 atom stereocenters. The molecule has 2 heterocycles. The van der Waals surface area contributed by atoms with Gasteiger partial charge in [0.2, 0.25) is 41.4 Å². The standard InChI is InChI=1S/C68H103N11O15/c1-14-43(8)59(48(38-80)37-55(84)78-36-22-26-51(78)61(93-13)44(9)62(86)71-45(10)60(85)47-23-17-15-18-24-47)76(11)66(90)57(41(4)5)75-65(89)58(42(6)7)77(12)68(92)94-39-46-28-30-49(31-29-46)72-63(87)50(25-21-34-70-67(69)91)73-64(88)56(40(2)3)74-52(81)27-19-16-20-35-79-53(82)32-33-54(79)83/h15,17-18,23-24,28-33,38,40-45,48,50-51,56-61,85H,14,16,19-22,25-27,34-37,39H2,1-13H3,(H,71,86)(H,72,87)(H,73,88)(H,74,81)(H,75,89)(H3,69,70,91)/t43-,44+,45+,48-,50-,51-,56-,57-,58?,59-,60+,61+/m0/s1. The number of methoxy groups -OCH3 is 1. The average molecular weight is 1310 g/mol. The van der Waals surface area contributed by atoms with E-state index in [1.165, 1.54) is 31.2 Å². The lowest BCUT2D eigenvalue weighted by Gasteiger charge is -2.40. The maximum absolute atomic E-state index is 14.7. The summed E-state index contributed by atoms with van der Waals surface area (Å²) >= 11 is 0. The number of urea groups is 1. The van der Waals surface area contributed by atoms with Gasteiger partial charge >= 0.3 is 12.1 Å². The Kier molecular flexibility index (Phi) is 31.8. The molecular weight excluding hydrogens is 1210 g/mol. The van der Waals surface area contributed by atoms with Crippen LogP contribution in [-0.4, -0.2) is 186 Å². The molecule has 2 aromatic carbocycles. The number of hydrogen-bond acceptors (Lipinski definition) is 15. The van der Waals surface area contributed by atoms with Crippen molar-refractivity contribution >= 4 is 77.3 Å². The van der Waals surface area contributed by atoms with Crippen molar-refractivity contribution in [1.29, 1.82) is 0 Å². The molecule has 1 unspecified atom stereocenters. The second kappa shape index (κ2) is 38.2. The van der Waals surface area contributed by atoms with Gasteiger partial charge in [-0.15, -0.1) is 0 Å². The highest BCUT2D eigenvalue weighted by molar-refractivity contribution is 6.12. The van der Waals surface area contributed by atoms with Crippen LogP contribution < -0.4 is 37.6 Å². The van der Waals surface area contributed by atoms with Crippen molar-refractivity contribution in [2.24, 2.45) is 41.2 Å². The van der Waals surface area contributed by atoms with Gasteiger partial charge in [0.25, 0.3) is 11.8 Å². The van der Waals surface area contributed by atoms with Gasteiger partial charge in [-0.25, -0.2) is 9.59 Å². The van der Waals surface area contributed by atoms with Crippen LogP contribution in [0.4, 0.5) is 15.3 Å². The topological polar surface area (TPSA) is 355 Å². The highest BCUT2D eigenvalue weighted by Gasteiger charge is 2.44. The molecule has 94 heavy (non-hydrogen) atoms. The van der Waals surface area contributed by atoms with Gasteiger partial charge in [-0.1, -0.05) is 118 Å². The molecule has 12 amide bonds. The van der Waals surface area contributed by atoms with E-state index in [1.54, 1.807) is 116 Å². The summed E-state index contributed by atoms with van der Waals surface area (Å²) in [5.74, 6) is -7.48. The molecule has 2 aliphatic rings. The zero-order valence-electron chi connectivity index (χ0n) is 57.0. The number of rotatable bonds is 38. The van der Waals surface area contributed by atoms with Crippen molar-refractivity contribution in [3.63, 3.8) is 0 Å². The first-order valence-corrected chi connectivity index (χ1v) is 32.8. The summed E-state index contributed by atoms with van der Waals surface area (Å²) in [4.78, 5) is 165. The van der Waals surface area contributed by atoms with E-state index in [0.717, 1.165) is 9.80 Å². The van der Waals surface area contributed by atoms with Gasteiger partial charge in [0.15, 0.2) is 0 Å². The minimum absolute atomic E-state index is 0.0772. The van der Waals surface area contributed by atoms with Crippen LogP contribution in [0.1, 0.15) is 151 Å². The predicted octanol–water partition coefficient (Wildman–Crippen LogP) is 4.88. The third kappa shape index (κ3) is 22.8. The van der Waals surface area contributed by atoms with E-state index in [0.29, 0.717) is 68.2 Å². The van der Waals surface area contributed by atoms with Crippen LogP contribution in [0, 0.1) is 35.5 Å². The summed E-state index contributed by atoms with van der Waals surface area (Å²) in [5, 5.41) is 27.5. The average Bonchev–Trinajstić information content (AvgIpc) is 1.33. The summed E-state index contributed by atoms with van der Waals surface area (Å²) in [6.45, 7) is 18.2. The van der Waals surface area contributed by atoms with Crippen molar-refractivity contribution in [2.75, 3.05) is 46.2 Å². The molecule has 9 N–H and O–H groups in total. The summed E-state index contributed by atoms with van der Waals surface area (Å²) in [6.07, 6.45) is 3.97. The van der Waals surface area contributed by atoms with Gasteiger partial charge in [-0.2, -0.15) is 0 Å². The number of likely N-dealkylation sites (tertiary alicyclic amines) is 1. The maximum Gasteiger partial charge on any atom is 0.410 e. The SMILES string of the molecule is CC[C@H](C)[C@@H]([C@H](C=O)CC(=O)N1CCC[C@H]1[C@H](OC)[C@@H](C)C(=O)N[C@H](C)[C@@H](O)c1ccccc1)N(C)C(=O)[C@@H](NC(=O)C(C(C)C)N(C)C(=O)OCc1ccc(NC(=O)[C@H](CCCNC(N)=O)NC(=O)[C@@H](NC(=O)CCCCCN2C(=O)C=CC2=O)C(C)C)cc1)C(C)C. The fourth-order valence-corrected chi connectivity index (χ4v) is 12.1. The van der Waals surface area contributed by atoms with E-state index in [2.05, 4.69) is 31.9 Å². The van der Waals surface area contributed by atoms with Crippen molar-refractivity contribution in [2.45, 2.75) is 195 Å². The molecule has 26 nitrogen and oxygen atoms in total. The Morgan fingerprint density at radius 3 is 1.96 bits per heavy atom. The van der Waals surface area contributed by atoms with Crippen LogP contribution in [0.15, 0.2) is 66.7 Å². The fraction of sp³-hybridized carbons (Fsp3) is 0.618. The van der Waals surface area contributed by atoms with E-state index < -0.39 is 120 Å². The van der Waals surface area contributed by atoms with Gasteiger partial charge in [0.05, 0.1) is 30.2 Å². The number of unbranched alkanes of at least 4 members (excludes halogenated alkanes) is 2. The Morgan fingerprint density at radius 2 is 1.38 bits per heavy atom. The van der Waals surface area contributed by atoms with Gasteiger partial charge in [0, 0.05) is 83.5 Å². The number of aliphatic hydroxyl groups is 1. The fourth-order valence-electron chi connectivity index (χ4n) is 12.1. The minimum atomic E-state index is -1.12. The number of imide groups is 1. The first-order valence-electron chi connectivity index (χ1n) is 32.8. The molecule has 0 saturated carbocycles. The Bertz CT molecular complexity index is 2910. The zero-order valence-corrected chi connectivity index (χ0v) is 57.0. The molecule has 4 rings (SSSR count). The number of aldehydes is 1. The number of aliphatic hydroxyl groups excluding tert-OH is 1. The number of hydrogen-bond donors (Lipinski definition) is 8. The van der Waals surface area contributed by atoms with Gasteiger partial charge in [0.1, 0.15) is 37.1 Å². The highest BCUT2D eigenvalue weighted by Crippen LogP contribution is 2.31. The van der Waals surface area contributed by atoms with Crippen LogP contribution >= 0.6 is 0 Å². The van der Waals surface area contributed by atoms with E-state index in [9.17, 15) is 62.6 Å². The second-order valence-electron chi connectivity index (χ2n) is 25.8. The molecule has 2 aliphatic heterocycles. The molecule has 2 aromatic rings. The lowest BCUT2D eigenvalue weighted by atomic mass is 9.84. The van der Waals surface area contributed by atoms with E-state index in [-0.39, 0.29) is 80.8 Å². The molecule has 520 valence electrons. The number of carbonyl (C=O) groups is 12. The van der Waals surface area contributed by atoms with Crippen LogP contribution in [0.2, 0.25) is 0 Å². The molecule has 0 aliphatic carbocycles. The number of nitrogens with zero attached hydrogens (tertiary/aromatic N) is 4. The van der Waals surface area contributed by atoms with Crippen molar-refractivity contribution in [1.82, 2.24) is 46.2 Å². The van der Waals surface area contributed by atoms with E-state index in [1.807, 2.05) is 19.9 Å². The first-order chi connectivity index (χ1) is 44.5. The third-order valence-electron chi connectivity index (χ3n) is 17.7. The lowest BCUT2D eigenvalue weighted by Crippen LogP contribution is -2.59. The molecule has 0 spiro atoms. The Labute approximate surface area is 553 Å². The maximum atomic E-state index is 14.7. The van der Waals surface area contributed by atoms with Crippen LogP contribution in [0.5, 0.6) is 0 Å². The van der Waals surface area contributed by atoms with Crippen LogP contribution in [-0.2, 0) is 64.0 Å². The normalized spacial score (nSPS) is 17.4. The Balaban J connectivity index is 1.37. The van der Waals surface area contributed by atoms with Crippen molar-refractivity contribution < 1.29 is 72.1 Å². The van der Waals surface area contributed by atoms with E-state index >= 15 is 0 Å². The van der Waals surface area contributed by atoms with E-state index in [4.69, 9.17) is 15.2 Å². The number of ether oxygens (including phenoxy) is 2. The molecule has 1 fully saturated rings. The van der Waals surface area contributed by atoms with Gasteiger partial charge in [-0.3, -0.25) is 53.0 Å². The molecule has 0 radical (unpaired) electrons. The molecule has 1 saturated heterocycles. The van der Waals surface area contributed by atoms with Gasteiger partial charge in [-0.05, 0) is 92.4 Å². The number of amides is 12. The third-order valence-corrected chi connectivity index (χ3v) is 17.7. The summed E-state index contributed by atoms with van der Waals surface area (Å²) in [6, 6.07) is 8.28. The van der Waals surface area contributed by atoms with Gasteiger partial charge < -0.3 is 66.8 Å². The molecule has 26 heteroatoms. The quantitative estimate of drug-likeness (QED) is 0.0252. The smallest absolute Gasteiger partial charge is 0.410 e. The Hall–Kier alpha value is -8.26.